The van der Waals surface area contributed by atoms with Crippen molar-refractivity contribution in [2.45, 2.75) is 33.4 Å². The Kier molecular flexibility index (Phi) is 6.82. The Morgan fingerprint density at radius 2 is 1.75 bits per heavy atom. The standard InChI is InChI=1S/C20H28N4/c1-4-16-8-7-11-19(13-16)23-20(21)22-14-17-9-6-10-18(12-17)15-24(3)5-2/h6-13H,4-5,14-15H2,1-3H3,(H3,21,22,23). The lowest BCUT2D eigenvalue weighted by Gasteiger charge is -2.14. The summed E-state index contributed by atoms with van der Waals surface area (Å²) in [5.41, 5.74) is 10.7. The van der Waals surface area contributed by atoms with Crippen LogP contribution in [0.2, 0.25) is 0 Å². The molecule has 0 amide bonds. The summed E-state index contributed by atoms with van der Waals surface area (Å²) in [6, 6.07) is 16.8. The molecule has 2 aromatic carbocycles. The van der Waals surface area contributed by atoms with Gasteiger partial charge in [0.15, 0.2) is 5.96 Å². The highest BCUT2D eigenvalue weighted by Gasteiger charge is 2.00. The van der Waals surface area contributed by atoms with E-state index in [4.69, 9.17) is 5.73 Å². The molecule has 0 unspecified atom stereocenters. The van der Waals surface area contributed by atoms with Crippen molar-refractivity contribution in [1.82, 2.24) is 4.90 Å². The molecule has 0 fully saturated rings. The lowest BCUT2D eigenvalue weighted by Crippen LogP contribution is -2.22. The average molecular weight is 324 g/mol. The van der Waals surface area contributed by atoms with E-state index in [9.17, 15) is 0 Å². The van der Waals surface area contributed by atoms with Crippen LogP contribution >= 0.6 is 0 Å². The van der Waals surface area contributed by atoms with Gasteiger partial charge in [0, 0.05) is 12.2 Å². The normalized spacial score (nSPS) is 11.8. The van der Waals surface area contributed by atoms with Gasteiger partial charge in [-0.05, 0) is 48.8 Å². The van der Waals surface area contributed by atoms with Crippen molar-refractivity contribution >= 4 is 11.6 Å². The maximum absolute atomic E-state index is 6.02. The number of nitrogens with two attached hydrogens (primary N) is 1. The zero-order valence-corrected chi connectivity index (χ0v) is 14.9. The van der Waals surface area contributed by atoms with E-state index < -0.39 is 0 Å². The third-order valence-corrected chi connectivity index (χ3v) is 4.02. The summed E-state index contributed by atoms with van der Waals surface area (Å²) in [6.45, 7) is 6.87. The number of anilines is 1. The zero-order valence-electron chi connectivity index (χ0n) is 14.9. The summed E-state index contributed by atoms with van der Waals surface area (Å²) in [6.07, 6.45) is 1.01. The molecule has 0 saturated heterocycles. The summed E-state index contributed by atoms with van der Waals surface area (Å²) < 4.78 is 0. The Morgan fingerprint density at radius 1 is 1.04 bits per heavy atom. The number of guanidine groups is 1. The smallest absolute Gasteiger partial charge is 0.193 e. The fourth-order valence-corrected chi connectivity index (χ4v) is 2.48. The topological polar surface area (TPSA) is 53.6 Å². The van der Waals surface area contributed by atoms with Crippen LogP contribution in [0.15, 0.2) is 53.5 Å². The van der Waals surface area contributed by atoms with E-state index in [-0.39, 0.29) is 0 Å². The van der Waals surface area contributed by atoms with Crippen LogP contribution in [0.25, 0.3) is 0 Å². The number of benzene rings is 2. The van der Waals surface area contributed by atoms with Crippen molar-refractivity contribution in [2.75, 3.05) is 18.9 Å². The Balaban J connectivity index is 1.97. The first-order chi connectivity index (χ1) is 11.6. The van der Waals surface area contributed by atoms with Crippen molar-refractivity contribution in [3.8, 4) is 0 Å². The molecule has 0 bridgehead atoms. The molecule has 0 saturated carbocycles. The molecule has 0 heterocycles. The van der Waals surface area contributed by atoms with Crippen LogP contribution in [0.4, 0.5) is 5.69 Å². The second-order valence-electron chi connectivity index (χ2n) is 6.03. The number of hydrogen-bond acceptors (Lipinski definition) is 2. The number of rotatable bonds is 7. The molecule has 0 aliphatic carbocycles. The first kappa shape index (κ1) is 18.0. The van der Waals surface area contributed by atoms with Gasteiger partial charge in [0.05, 0.1) is 6.54 Å². The van der Waals surface area contributed by atoms with Gasteiger partial charge in [-0.25, -0.2) is 4.99 Å². The van der Waals surface area contributed by atoms with Crippen LogP contribution in [-0.4, -0.2) is 24.5 Å². The predicted molar refractivity (Wildman–Crippen MR) is 103 cm³/mol. The SMILES string of the molecule is CCc1cccc(NC(N)=NCc2cccc(CN(C)CC)c2)c1. The molecule has 128 valence electrons. The molecule has 4 nitrogen and oxygen atoms in total. The van der Waals surface area contributed by atoms with E-state index in [1.807, 2.05) is 12.1 Å². The maximum atomic E-state index is 6.02. The van der Waals surface area contributed by atoms with Crippen LogP contribution < -0.4 is 11.1 Å². The second kappa shape index (κ2) is 9.08. The predicted octanol–water partition coefficient (Wildman–Crippen LogP) is 3.63. The van der Waals surface area contributed by atoms with E-state index in [1.54, 1.807) is 0 Å². The molecule has 2 rings (SSSR count). The van der Waals surface area contributed by atoms with Crippen molar-refractivity contribution < 1.29 is 0 Å². The Morgan fingerprint density at radius 3 is 2.50 bits per heavy atom. The summed E-state index contributed by atoms with van der Waals surface area (Å²) >= 11 is 0. The number of nitrogens with zero attached hydrogens (tertiary/aromatic N) is 2. The van der Waals surface area contributed by atoms with Crippen LogP contribution in [0, 0.1) is 0 Å². The minimum atomic E-state index is 0.444. The first-order valence-corrected chi connectivity index (χ1v) is 8.53. The molecule has 0 aliphatic rings. The van der Waals surface area contributed by atoms with Gasteiger partial charge in [-0.1, -0.05) is 50.2 Å². The van der Waals surface area contributed by atoms with Crippen LogP contribution in [0.3, 0.4) is 0 Å². The highest BCUT2D eigenvalue weighted by molar-refractivity contribution is 5.92. The molecule has 0 aliphatic heterocycles. The van der Waals surface area contributed by atoms with Crippen molar-refractivity contribution in [3.05, 3.63) is 65.2 Å². The zero-order chi connectivity index (χ0) is 17.4. The van der Waals surface area contributed by atoms with Gasteiger partial charge >= 0.3 is 0 Å². The van der Waals surface area contributed by atoms with E-state index in [1.165, 1.54) is 16.7 Å². The van der Waals surface area contributed by atoms with Crippen molar-refractivity contribution in [1.29, 1.82) is 0 Å². The van der Waals surface area contributed by atoms with Gasteiger partial charge in [-0.3, -0.25) is 0 Å². The lowest BCUT2D eigenvalue weighted by molar-refractivity contribution is 0.345. The summed E-state index contributed by atoms with van der Waals surface area (Å²) in [5.74, 6) is 0.444. The van der Waals surface area contributed by atoms with Crippen LogP contribution in [0.1, 0.15) is 30.5 Å². The van der Waals surface area contributed by atoms with Gasteiger partial charge in [0.25, 0.3) is 0 Å². The van der Waals surface area contributed by atoms with E-state index in [2.05, 4.69) is 72.5 Å². The van der Waals surface area contributed by atoms with E-state index in [0.717, 1.165) is 25.2 Å². The van der Waals surface area contributed by atoms with Crippen LogP contribution in [-0.2, 0) is 19.5 Å². The number of nitrogens with one attached hydrogen (secondary N) is 1. The maximum Gasteiger partial charge on any atom is 0.193 e. The fourth-order valence-electron chi connectivity index (χ4n) is 2.48. The minimum Gasteiger partial charge on any atom is -0.370 e. The van der Waals surface area contributed by atoms with Gasteiger partial charge in [-0.2, -0.15) is 0 Å². The van der Waals surface area contributed by atoms with Gasteiger partial charge in [0.1, 0.15) is 0 Å². The molecule has 4 heteroatoms. The van der Waals surface area contributed by atoms with E-state index in [0.29, 0.717) is 12.5 Å². The molecule has 2 aromatic rings. The highest BCUT2D eigenvalue weighted by atomic mass is 15.1. The van der Waals surface area contributed by atoms with Gasteiger partial charge < -0.3 is 16.0 Å². The number of aliphatic imine (C=N–C) groups is 1. The summed E-state index contributed by atoms with van der Waals surface area (Å²) in [4.78, 5) is 6.73. The molecule has 3 N–H and O–H groups in total. The number of hydrogen-bond donors (Lipinski definition) is 2. The minimum absolute atomic E-state index is 0.444. The van der Waals surface area contributed by atoms with Gasteiger partial charge in [0.2, 0.25) is 0 Å². The van der Waals surface area contributed by atoms with Gasteiger partial charge in [-0.15, -0.1) is 0 Å². The lowest BCUT2D eigenvalue weighted by atomic mass is 10.1. The third-order valence-electron chi connectivity index (χ3n) is 4.02. The molecule has 0 spiro atoms. The number of aryl methyl sites for hydroxylation is 1. The average Bonchev–Trinajstić information content (AvgIpc) is 2.60. The largest absolute Gasteiger partial charge is 0.370 e. The molecular formula is C20H28N4. The quantitative estimate of drug-likeness (QED) is 0.604. The van der Waals surface area contributed by atoms with Crippen LogP contribution in [0.5, 0.6) is 0 Å². The van der Waals surface area contributed by atoms with Crippen molar-refractivity contribution in [3.63, 3.8) is 0 Å². The molecule has 0 radical (unpaired) electrons. The Labute approximate surface area is 145 Å². The molecular weight excluding hydrogens is 296 g/mol. The fraction of sp³-hybridized carbons (Fsp3) is 0.350. The molecule has 24 heavy (non-hydrogen) atoms. The molecule has 0 atom stereocenters. The Bertz CT molecular complexity index is 679. The summed E-state index contributed by atoms with van der Waals surface area (Å²) in [5, 5.41) is 3.16. The Hall–Kier alpha value is -2.33. The first-order valence-electron chi connectivity index (χ1n) is 8.53. The second-order valence-corrected chi connectivity index (χ2v) is 6.03. The highest BCUT2D eigenvalue weighted by Crippen LogP contribution is 2.11. The molecule has 0 aromatic heterocycles. The monoisotopic (exact) mass is 324 g/mol. The summed E-state index contributed by atoms with van der Waals surface area (Å²) in [7, 11) is 2.12. The van der Waals surface area contributed by atoms with E-state index >= 15 is 0 Å². The third kappa shape index (κ3) is 5.70. The van der Waals surface area contributed by atoms with Crippen molar-refractivity contribution in [2.24, 2.45) is 10.7 Å².